The first kappa shape index (κ1) is 27.3. The molecule has 37 heavy (non-hydrogen) atoms. The molecule has 196 valence electrons. The molecule has 1 atom stereocenters. The lowest BCUT2D eigenvalue weighted by molar-refractivity contribution is 0.182. The van der Waals surface area contributed by atoms with Gasteiger partial charge in [0.2, 0.25) is 0 Å². The molecule has 1 aliphatic heterocycles. The molecule has 5 heteroatoms. The molecule has 0 saturated carbocycles. The standard InChI is InChI=1S/C21H19ClN2.C11H22N2/c1-3-14-4-6-17-19(11-14)24-20-12-15(5-7-18(20)21(17)22)16-8-9-23-13(2)10-16;1-4-5-6-11(2)13-9-7-12(3)8-10-13/h3-4,6,8-11,15H,1,5,7,12H2,2H3;2,4-10H2,1,3H3. The summed E-state index contributed by atoms with van der Waals surface area (Å²) in [5.74, 6) is 0.489. The van der Waals surface area contributed by atoms with Crippen molar-refractivity contribution in [3.8, 4) is 0 Å². The van der Waals surface area contributed by atoms with Gasteiger partial charge in [-0.2, -0.15) is 0 Å². The van der Waals surface area contributed by atoms with E-state index in [1.54, 1.807) is 0 Å². The maximum Gasteiger partial charge on any atom is 0.0726 e. The molecule has 2 aromatic heterocycles. The second-order valence-corrected chi connectivity index (χ2v) is 10.8. The zero-order chi connectivity index (χ0) is 26.4. The van der Waals surface area contributed by atoms with Crippen LogP contribution in [0.2, 0.25) is 5.02 Å². The number of likely N-dealkylation sites (N-methyl/N-ethyl adjacent to an activating group) is 1. The zero-order valence-corrected chi connectivity index (χ0v) is 23.5. The number of aromatic nitrogens is 2. The number of hydrogen-bond acceptors (Lipinski definition) is 4. The highest BCUT2D eigenvalue weighted by Crippen LogP contribution is 2.38. The number of aryl methyl sites for hydroxylation is 1. The van der Waals surface area contributed by atoms with Crippen molar-refractivity contribution >= 4 is 28.6 Å². The Bertz CT molecular complexity index is 1240. The Hall–Kier alpha value is -2.69. The molecule has 3 aromatic rings. The van der Waals surface area contributed by atoms with Crippen LogP contribution in [-0.4, -0.2) is 53.0 Å². The third kappa shape index (κ3) is 6.80. The molecule has 1 fully saturated rings. The Kier molecular flexibility index (Phi) is 9.39. The van der Waals surface area contributed by atoms with Crippen LogP contribution in [0.4, 0.5) is 0 Å². The average Bonchev–Trinajstić information content (AvgIpc) is 2.92. The van der Waals surface area contributed by atoms with E-state index in [0.717, 1.165) is 52.1 Å². The number of allylic oxidation sites excluding steroid dienone is 1. The Morgan fingerprint density at radius 3 is 2.65 bits per heavy atom. The minimum absolute atomic E-state index is 0.489. The number of fused-ring (bicyclic) bond motifs is 2. The van der Waals surface area contributed by atoms with Gasteiger partial charge in [-0.1, -0.05) is 56.3 Å². The van der Waals surface area contributed by atoms with E-state index in [2.05, 4.69) is 66.2 Å². The highest BCUT2D eigenvalue weighted by molar-refractivity contribution is 6.36. The van der Waals surface area contributed by atoms with Gasteiger partial charge in [0.15, 0.2) is 0 Å². The van der Waals surface area contributed by atoms with Crippen molar-refractivity contribution in [2.75, 3.05) is 33.2 Å². The minimum Gasteiger partial charge on any atom is -0.373 e. The van der Waals surface area contributed by atoms with Gasteiger partial charge >= 0.3 is 0 Å². The first-order valence-corrected chi connectivity index (χ1v) is 14.0. The molecule has 3 heterocycles. The molecule has 0 amide bonds. The molecular formula is C32H41ClN4. The SMILES string of the molecule is C=C(CCCC)N1CCN(C)CC1.C=Cc1ccc2c(Cl)c3c(nc2c1)CC(c1ccnc(C)c1)CC3. The van der Waals surface area contributed by atoms with E-state index in [9.17, 15) is 0 Å². The van der Waals surface area contributed by atoms with E-state index >= 15 is 0 Å². The largest absolute Gasteiger partial charge is 0.373 e. The van der Waals surface area contributed by atoms with Crippen LogP contribution in [0.15, 0.2) is 55.4 Å². The van der Waals surface area contributed by atoms with Crippen LogP contribution < -0.4 is 0 Å². The molecule has 5 rings (SSSR count). The number of unbranched alkanes of at least 4 members (excludes halogenated alkanes) is 1. The lowest BCUT2D eigenvalue weighted by Crippen LogP contribution is -2.43. The molecule has 1 saturated heterocycles. The van der Waals surface area contributed by atoms with Crippen molar-refractivity contribution in [3.63, 3.8) is 0 Å². The topological polar surface area (TPSA) is 32.3 Å². The van der Waals surface area contributed by atoms with E-state index < -0.39 is 0 Å². The highest BCUT2D eigenvalue weighted by atomic mass is 35.5. The smallest absolute Gasteiger partial charge is 0.0726 e. The van der Waals surface area contributed by atoms with E-state index in [-0.39, 0.29) is 0 Å². The highest BCUT2D eigenvalue weighted by Gasteiger charge is 2.24. The van der Waals surface area contributed by atoms with Crippen molar-refractivity contribution in [1.82, 2.24) is 19.8 Å². The van der Waals surface area contributed by atoms with E-state index in [1.807, 2.05) is 25.3 Å². The van der Waals surface area contributed by atoms with Crippen molar-refractivity contribution in [2.24, 2.45) is 0 Å². The van der Waals surface area contributed by atoms with Crippen LogP contribution in [0.1, 0.15) is 66.6 Å². The summed E-state index contributed by atoms with van der Waals surface area (Å²) in [6, 6.07) is 10.5. The fourth-order valence-electron chi connectivity index (χ4n) is 5.30. The number of halogens is 1. The van der Waals surface area contributed by atoms with Gasteiger partial charge < -0.3 is 9.80 Å². The molecule has 1 aliphatic carbocycles. The second-order valence-electron chi connectivity index (χ2n) is 10.5. The van der Waals surface area contributed by atoms with Crippen LogP contribution in [0.25, 0.3) is 17.0 Å². The van der Waals surface area contributed by atoms with Crippen LogP contribution >= 0.6 is 11.6 Å². The van der Waals surface area contributed by atoms with Crippen molar-refractivity contribution in [3.05, 3.63) is 88.5 Å². The molecule has 1 aromatic carbocycles. The number of rotatable bonds is 6. The third-order valence-electron chi connectivity index (χ3n) is 7.71. The monoisotopic (exact) mass is 516 g/mol. The normalized spacial score (nSPS) is 17.6. The van der Waals surface area contributed by atoms with E-state index in [1.165, 1.54) is 62.3 Å². The fourth-order valence-corrected chi connectivity index (χ4v) is 5.66. The summed E-state index contributed by atoms with van der Waals surface area (Å²) in [6.07, 6.45) is 10.5. The maximum atomic E-state index is 6.70. The molecule has 0 bridgehead atoms. The van der Waals surface area contributed by atoms with Crippen LogP contribution in [0.3, 0.4) is 0 Å². The Labute approximate surface area is 228 Å². The quantitative estimate of drug-likeness (QED) is 0.340. The minimum atomic E-state index is 0.489. The summed E-state index contributed by atoms with van der Waals surface area (Å²) in [5.41, 5.74) is 8.15. The summed E-state index contributed by atoms with van der Waals surface area (Å²) in [7, 11) is 2.19. The van der Waals surface area contributed by atoms with Crippen LogP contribution in [0, 0.1) is 6.92 Å². The number of pyridine rings is 2. The number of nitrogens with zero attached hydrogens (tertiary/aromatic N) is 4. The molecule has 1 unspecified atom stereocenters. The zero-order valence-electron chi connectivity index (χ0n) is 22.8. The van der Waals surface area contributed by atoms with Crippen LogP contribution in [0.5, 0.6) is 0 Å². The summed E-state index contributed by atoms with van der Waals surface area (Å²) in [6.45, 7) is 17.0. The lowest BCUT2D eigenvalue weighted by atomic mass is 9.82. The summed E-state index contributed by atoms with van der Waals surface area (Å²) in [4.78, 5) is 14.1. The molecular weight excluding hydrogens is 476 g/mol. The molecule has 0 N–H and O–H groups in total. The van der Waals surface area contributed by atoms with E-state index in [0.29, 0.717) is 5.92 Å². The summed E-state index contributed by atoms with van der Waals surface area (Å²) >= 11 is 6.70. The van der Waals surface area contributed by atoms with Gasteiger partial charge in [-0.25, -0.2) is 0 Å². The second kappa shape index (κ2) is 12.7. The van der Waals surface area contributed by atoms with Gasteiger partial charge in [-0.3, -0.25) is 9.97 Å². The van der Waals surface area contributed by atoms with Gasteiger partial charge in [-0.05, 0) is 86.9 Å². The first-order chi connectivity index (χ1) is 17.9. The molecule has 0 spiro atoms. The fraction of sp³-hybridized carbons (Fsp3) is 0.438. The number of piperazine rings is 1. The van der Waals surface area contributed by atoms with Crippen LogP contribution in [-0.2, 0) is 12.8 Å². The summed E-state index contributed by atoms with van der Waals surface area (Å²) in [5, 5.41) is 1.91. The van der Waals surface area contributed by atoms with Gasteiger partial charge in [0.25, 0.3) is 0 Å². The maximum absolute atomic E-state index is 6.70. The van der Waals surface area contributed by atoms with Gasteiger partial charge in [-0.15, -0.1) is 0 Å². The van der Waals surface area contributed by atoms with Crippen molar-refractivity contribution < 1.29 is 0 Å². The summed E-state index contributed by atoms with van der Waals surface area (Å²) < 4.78 is 0. The van der Waals surface area contributed by atoms with Crippen molar-refractivity contribution in [2.45, 2.75) is 58.3 Å². The lowest BCUT2D eigenvalue weighted by Gasteiger charge is -2.35. The Morgan fingerprint density at radius 1 is 1.16 bits per heavy atom. The van der Waals surface area contributed by atoms with Gasteiger partial charge in [0.1, 0.15) is 0 Å². The molecule has 2 aliphatic rings. The molecule has 0 radical (unpaired) electrons. The van der Waals surface area contributed by atoms with Gasteiger partial charge in [0, 0.05) is 54.8 Å². The first-order valence-electron chi connectivity index (χ1n) is 13.7. The predicted octanol–water partition coefficient (Wildman–Crippen LogP) is 7.44. The van der Waals surface area contributed by atoms with Crippen molar-refractivity contribution in [1.29, 1.82) is 0 Å². The predicted molar refractivity (Wildman–Crippen MR) is 158 cm³/mol. The Balaban J connectivity index is 0.000000209. The third-order valence-corrected chi connectivity index (χ3v) is 8.14. The number of hydrogen-bond donors (Lipinski definition) is 0. The Morgan fingerprint density at radius 2 is 1.95 bits per heavy atom. The number of benzene rings is 1. The molecule has 4 nitrogen and oxygen atoms in total. The average molecular weight is 517 g/mol. The van der Waals surface area contributed by atoms with Gasteiger partial charge in [0.05, 0.1) is 10.5 Å². The van der Waals surface area contributed by atoms with E-state index in [4.69, 9.17) is 16.6 Å².